The van der Waals surface area contributed by atoms with Gasteiger partial charge in [0.05, 0.1) is 0 Å². The largest absolute Gasteiger partial charge is 0.488 e. The first-order chi connectivity index (χ1) is 13.1. The number of aromatic nitrogens is 1. The Balaban J connectivity index is 1.39. The van der Waals surface area contributed by atoms with Crippen LogP contribution in [0.25, 0.3) is 11.1 Å². The average Bonchev–Trinajstić information content (AvgIpc) is 3.09. The predicted octanol–water partition coefficient (Wildman–Crippen LogP) is 4.26. The number of nitrogens with zero attached hydrogens (tertiary/aromatic N) is 1. The highest BCUT2D eigenvalue weighted by Crippen LogP contribution is 2.28. The van der Waals surface area contributed by atoms with Crippen molar-refractivity contribution < 1.29 is 17.9 Å². The zero-order valence-electron chi connectivity index (χ0n) is 14.4. The Hall–Kier alpha value is -2.86. The van der Waals surface area contributed by atoms with E-state index >= 15 is 0 Å². The maximum Gasteiger partial charge on any atom is 0.194 e. The van der Waals surface area contributed by atoms with Gasteiger partial charge in [-0.1, -0.05) is 18.2 Å². The van der Waals surface area contributed by atoms with Crippen molar-refractivity contribution in [2.45, 2.75) is 19.1 Å². The van der Waals surface area contributed by atoms with E-state index in [-0.39, 0.29) is 11.7 Å². The van der Waals surface area contributed by atoms with Gasteiger partial charge in [0.25, 0.3) is 0 Å². The third kappa shape index (κ3) is 3.80. The minimum atomic E-state index is -1.47. The Morgan fingerprint density at radius 1 is 1.00 bits per heavy atom. The van der Waals surface area contributed by atoms with Crippen LogP contribution in [0.15, 0.2) is 54.9 Å². The van der Waals surface area contributed by atoms with Gasteiger partial charge in [-0.05, 0) is 41.0 Å². The fourth-order valence-electron chi connectivity index (χ4n) is 3.21. The number of pyridine rings is 1. The van der Waals surface area contributed by atoms with Crippen LogP contribution in [0.2, 0.25) is 0 Å². The molecule has 27 heavy (non-hydrogen) atoms. The minimum Gasteiger partial charge on any atom is -0.488 e. The molecule has 0 fully saturated rings. The maximum atomic E-state index is 13.5. The Kier molecular flexibility index (Phi) is 4.81. The lowest BCUT2D eigenvalue weighted by atomic mass is 10.1. The van der Waals surface area contributed by atoms with Crippen molar-refractivity contribution in [3.8, 4) is 16.9 Å². The molecule has 0 aliphatic carbocycles. The molecule has 2 heterocycles. The van der Waals surface area contributed by atoms with Gasteiger partial charge in [-0.2, -0.15) is 0 Å². The lowest BCUT2D eigenvalue weighted by Crippen LogP contribution is -2.29. The molecule has 0 bridgehead atoms. The monoisotopic (exact) mass is 370 g/mol. The molecule has 4 rings (SSSR count). The molecule has 0 radical (unpaired) electrons. The number of hydrogen-bond donors (Lipinski definition) is 1. The number of para-hydroxylation sites is 1. The molecule has 0 saturated carbocycles. The van der Waals surface area contributed by atoms with Gasteiger partial charge < -0.3 is 10.1 Å². The van der Waals surface area contributed by atoms with E-state index in [1.54, 1.807) is 12.3 Å². The first kappa shape index (κ1) is 17.5. The molecule has 1 aliphatic heterocycles. The van der Waals surface area contributed by atoms with E-state index in [9.17, 15) is 13.2 Å². The molecule has 0 saturated heterocycles. The van der Waals surface area contributed by atoms with Crippen LogP contribution in [0.5, 0.6) is 5.75 Å². The summed E-state index contributed by atoms with van der Waals surface area (Å²) < 4.78 is 45.9. The number of fused-ring (bicyclic) bond motifs is 1. The third-order valence-electron chi connectivity index (χ3n) is 4.53. The van der Waals surface area contributed by atoms with Gasteiger partial charge in [0.2, 0.25) is 0 Å². The Morgan fingerprint density at radius 3 is 2.56 bits per heavy atom. The summed E-state index contributed by atoms with van der Waals surface area (Å²) in [6.07, 6.45) is 4.10. The lowest BCUT2D eigenvalue weighted by Gasteiger charge is -2.12. The third-order valence-corrected chi connectivity index (χ3v) is 4.53. The molecule has 3 aromatic rings. The van der Waals surface area contributed by atoms with Crippen LogP contribution in [0.1, 0.15) is 11.1 Å². The van der Waals surface area contributed by atoms with Crippen LogP contribution in [-0.2, 0) is 13.0 Å². The summed E-state index contributed by atoms with van der Waals surface area (Å²) in [4.78, 5) is 4.12. The zero-order valence-corrected chi connectivity index (χ0v) is 14.4. The topological polar surface area (TPSA) is 34.2 Å². The van der Waals surface area contributed by atoms with Gasteiger partial charge in [0.15, 0.2) is 17.5 Å². The number of rotatable bonds is 5. The first-order valence-electron chi connectivity index (χ1n) is 8.64. The average molecular weight is 370 g/mol. The van der Waals surface area contributed by atoms with E-state index in [0.29, 0.717) is 18.7 Å². The number of ether oxygens (including phenoxy) is 1. The number of halogens is 3. The second-order valence-electron chi connectivity index (χ2n) is 6.52. The zero-order chi connectivity index (χ0) is 18.8. The standard InChI is InChI=1S/C21H17F3N2O/c22-18-7-15(8-19(23)21(18)24)16-5-13(9-25-11-16)10-26-12-17-6-14-3-1-2-4-20(14)27-17/h1-5,7-9,11,17,26H,6,10,12H2. The van der Waals surface area contributed by atoms with Crippen molar-refractivity contribution in [3.05, 3.63) is 83.4 Å². The molecule has 6 heteroatoms. The highest BCUT2D eigenvalue weighted by Gasteiger charge is 2.21. The summed E-state index contributed by atoms with van der Waals surface area (Å²) in [6.45, 7) is 1.20. The quantitative estimate of drug-likeness (QED) is 0.682. The molecule has 1 atom stereocenters. The van der Waals surface area contributed by atoms with Crippen LogP contribution in [0.3, 0.4) is 0 Å². The van der Waals surface area contributed by atoms with Gasteiger partial charge in [0, 0.05) is 37.5 Å². The second kappa shape index (κ2) is 7.40. The SMILES string of the molecule is Fc1cc(-c2cncc(CNCC3Cc4ccccc4O3)c2)cc(F)c1F. The normalized spacial score (nSPS) is 15.4. The van der Waals surface area contributed by atoms with E-state index < -0.39 is 17.5 Å². The lowest BCUT2D eigenvalue weighted by molar-refractivity contribution is 0.227. The van der Waals surface area contributed by atoms with Gasteiger partial charge in [-0.15, -0.1) is 0 Å². The highest BCUT2D eigenvalue weighted by atomic mass is 19.2. The van der Waals surface area contributed by atoms with E-state index in [4.69, 9.17) is 4.74 Å². The summed E-state index contributed by atoms with van der Waals surface area (Å²) in [5.74, 6) is -2.98. The Morgan fingerprint density at radius 2 is 1.78 bits per heavy atom. The fourth-order valence-corrected chi connectivity index (χ4v) is 3.21. The molecular weight excluding hydrogens is 353 g/mol. The van der Waals surface area contributed by atoms with Crippen molar-refractivity contribution in [2.75, 3.05) is 6.54 Å². The molecule has 1 aliphatic rings. The van der Waals surface area contributed by atoms with E-state index in [2.05, 4.69) is 16.4 Å². The summed E-state index contributed by atoms with van der Waals surface area (Å²) in [5.41, 5.74) is 2.83. The van der Waals surface area contributed by atoms with Crippen molar-refractivity contribution >= 4 is 0 Å². The number of hydrogen-bond acceptors (Lipinski definition) is 3. The molecule has 0 amide bonds. The van der Waals surface area contributed by atoms with E-state index in [0.717, 1.165) is 29.9 Å². The Bertz CT molecular complexity index is 929. The van der Waals surface area contributed by atoms with E-state index in [1.807, 2.05) is 18.2 Å². The smallest absolute Gasteiger partial charge is 0.194 e. The predicted molar refractivity (Wildman–Crippen MR) is 95.8 cm³/mol. The molecule has 0 spiro atoms. The maximum absolute atomic E-state index is 13.5. The summed E-state index contributed by atoms with van der Waals surface area (Å²) >= 11 is 0. The number of benzene rings is 2. The minimum absolute atomic E-state index is 0.0684. The Labute approximate surface area is 154 Å². The molecule has 138 valence electrons. The summed E-state index contributed by atoms with van der Waals surface area (Å²) in [6, 6.07) is 11.7. The van der Waals surface area contributed by atoms with Gasteiger partial charge in [-0.3, -0.25) is 4.98 Å². The molecular formula is C21H17F3N2O. The van der Waals surface area contributed by atoms with Crippen LogP contribution >= 0.6 is 0 Å². The van der Waals surface area contributed by atoms with Crippen molar-refractivity contribution in [1.29, 1.82) is 0 Å². The highest BCUT2D eigenvalue weighted by molar-refractivity contribution is 5.63. The molecule has 2 aromatic carbocycles. The van der Waals surface area contributed by atoms with Crippen molar-refractivity contribution in [2.24, 2.45) is 0 Å². The van der Waals surface area contributed by atoms with Crippen LogP contribution in [-0.4, -0.2) is 17.6 Å². The van der Waals surface area contributed by atoms with Crippen LogP contribution < -0.4 is 10.1 Å². The second-order valence-corrected chi connectivity index (χ2v) is 6.52. The van der Waals surface area contributed by atoms with Gasteiger partial charge in [-0.25, -0.2) is 13.2 Å². The van der Waals surface area contributed by atoms with Crippen molar-refractivity contribution in [3.63, 3.8) is 0 Å². The molecule has 3 nitrogen and oxygen atoms in total. The van der Waals surface area contributed by atoms with Gasteiger partial charge >= 0.3 is 0 Å². The summed E-state index contributed by atoms with van der Waals surface area (Å²) in [7, 11) is 0. The molecule has 1 unspecified atom stereocenters. The first-order valence-corrected chi connectivity index (χ1v) is 8.64. The van der Waals surface area contributed by atoms with Gasteiger partial charge in [0.1, 0.15) is 11.9 Å². The summed E-state index contributed by atoms with van der Waals surface area (Å²) in [5, 5.41) is 3.32. The number of nitrogens with one attached hydrogen (secondary N) is 1. The van der Waals surface area contributed by atoms with E-state index in [1.165, 1.54) is 11.8 Å². The van der Waals surface area contributed by atoms with Crippen LogP contribution in [0, 0.1) is 17.5 Å². The van der Waals surface area contributed by atoms with Crippen molar-refractivity contribution in [1.82, 2.24) is 10.3 Å². The fraction of sp³-hybridized carbons (Fsp3) is 0.190. The molecule has 1 aromatic heterocycles. The van der Waals surface area contributed by atoms with Crippen LogP contribution in [0.4, 0.5) is 13.2 Å². The molecule has 1 N–H and O–H groups in total.